The van der Waals surface area contributed by atoms with Gasteiger partial charge in [-0.25, -0.2) is 0 Å². The molecule has 0 saturated carbocycles. The van der Waals surface area contributed by atoms with Crippen LogP contribution in [0, 0.1) is 5.92 Å². The molecule has 0 aliphatic rings. The molecule has 1 N–H and O–H groups in total. The fraction of sp³-hybridized carbons (Fsp3) is 0.312. The van der Waals surface area contributed by atoms with Gasteiger partial charge in [0.25, 0.3) is 0 Å². The van der Waals surface area contributed by atoms with Crippen LogP contribution in [0.4, 0.5) is 0 Å². The van der Waals surface area contributed by atoms with E-state index >= 15 is 0 Å². The van der Waals surface area contributed by atoms with Crippen LogP contribution in [-0.4, -0.2) is 18.6 Å². The normalized spacial score (nSPS) is 12.3. The molecule has 106 valence electrons. The predicted molar refractivity (Wildman–Crippen MR) is 88.2 cm³/mol. The van der Waals surface area contributed by atoms with E-state index in [1.165, 1.54) is 5.56 Å². The van der Waals surface area contributed by atoms with Crippen molar-refractivity contribution in [2.45, 2.75) is 12.8 Å². The van der Waals surface area contributed by atoms with Crippen LogP contribution in [0.15, 0.2) is 47.1 Å². The molecule has 1 aromatic carbocycles. The first-order valence-electron chi connectivity index (χ1n) is 6.67. The fourth-order valence-corrected chi connectivity index (χ4v) is 2.64. The minimum atomic E-state index is 0.523. The van der Waals surface area contributed by atoms with Crippen molar-refractivity contribution >= 4 is 27.5 Å². The van der Waals surface area contributed by atoms with Crippen molar-refractivity contribution in [2.24, 2.45) is 5.92 Å². The number of benzene rings is 1. The maximum atomic E-state index is 5.93. The SMILES string of the molecule is CNCC(Cc1ccc(Cl)cc1)Cc1ccc(Br)cn1. The third-order valence-corrected chi connectivity index (χ3v) is 3.94. The summed E-state index contributed by atoms with van der Waals surface area (Å²) in [5, 5.41) is 4.05. The molecule has 0 spiro atoms. The van der Waals surface area contributed by atoms with E-state index in [9.17, 15) is 0 Å². The number of nitrogens with one attached hydrogen (secondary N) is 1. The van der Waals surface area contributed by atoms with Crippen molar-refractivity contribution in [1.29, 1.82) is 0 Å². The van der Waals surface area contributed by atoms with Crippen molar-refractivity contribution < 1.29 is 0 Å². The summed E-state index contributed by atoms with van der Waals surface area (Å²) >= 11 is 9.34. The lowest BCUT2D eigenvalue weighted by Crippen LogP contribution is -2.23. The summed E-state index contributed by atoms with van der Waals surface area (Å²) in [5.41, 5.74) is 2.44. The molecule has 2 nitrogen and oxygen atoms in total. The van der Waals surface area contributed by atoms with Gasteiger partial charge in [0.15, 0.2) is 0 Å². The van der Waals surface area contributed by atoms with Crippen molar-refractivity contribution in [3.05, 3.63) is 63.3 Å². The molecular weight excluding hydrogens is 336 g/mol. The summed E-state index contributed by atoms with van der Waals surface area (Å²) in [6, 6.07) is 12.2. The molecule has 1 atom stereocenters. The summed E-state index contributed by atoms with van der Waals surface area (Å²) in [7, 11) is 1.99. The molecule has 1 heterocycles. The van der Waals surface area contributed by atoms with E-state index in [0.29, 0.717) is 5.92 Å². The lowest BCUT2D eigenvalue weighted by atomic mass is 9.94. The van der Waals surface area contributed by atoms with Crippen molar-refractivity contribution in [2.75, 3.05) is 13.6 Å². The van der Waals surface area contributed by atoms with Gasteiger partial charge in [-0.3, -0.25) is 4.98 Å². The van der Waals surface area contributed by atoms with Gasteiger partial charge in [-0.05, 0) is 78.1 Å². The fourth-order valence-electron chi connectivity index (χ4n) is 2.28. The van der Waals surface area contributed by atoms with E-state index < -0.39 is 0 Å². The Morgan fingerprint density at radius 3 is 2.50 bits per heavy atom. The number of halogens is 2. The van der Waals surface area contributed by atoms with Gasteiger partial charge in [0.05, 0.1) is 0 Å². The third kappa shape index (κ3) is 4.89. The Bertz CT molecular complexity index is 478. The molecule has 0 radical (unpaired) electrons. The van der Waals surface area contributed by atoms with Crippen LogP contribution in [0.5, 0.6) is 0 Å². The molecular formula is C16H18BrClN2. The highest BCUT2D eigenvalue weighted by Gasteiger charge is 2.11. The third-order valence-electron chi connectivity index (χ3n) is 3.22. The van der Waals surface area contributed by atoms with E-state index in [2.05, 4.69) is 44.4 Å². The summed E-state index contributed by atoms with van der Waals surface area (Å²) in [6.07, 6.45) is 3.85. The van der Waals surface area contributed by atoms with Gasteiger partial charge in [-0.2, -0.15) is 0 Å². The van der Waals surface area contributed by atoms with Gasteiger partial charge in [-0.15, -0.1) is 0 Å². The van der Waals surface area contributed by atoms with E-state index in [1.807, 2.05) is 31.4 Å². The smallest absolute Gasteiger partial charge is 0.0413 e. The molecule has 0 aliphatic carbocycles. The molecule has 0 aliphatic heterocycles. The number of hydrogen-bond donors (Lipinski definition) is 1. The van der Waals surface area contributed by atoms with Crippen molar-refractivity contribution in [3.8, 4) is 0 Å². The van der Waals surface area contributed by atoms with Crippen LogP contribution in [0.3, 0.4) is 0 Å². The monoisotopic (exact) mass is 352 g/mol. The van der Waals surface area contributed by atoms with Gasteiger partial charge < -0.3 is 5.32 Å². The molecule has 0 saturated heterocycles. The molecule has 0 fully saturated rings. The zero-order valence-corrected chi connectivity index (χ0v) is 13.8. The quantitative estimate of drug-likeness (QED) is 0.845. The molecule has 0 amide bonds. The topological polar surface area (TPSA) is 24.9 Å². The van der Waals surface area contributed by atoms with Gasteiger partial charge in [0.2, 0.25) is 0 Å². The van der Waals surface area contributed by atoms with Crippen LogP contribution in [0.25, 0.3) is 0 Å². The van der Waals surface area contributed by atoms with Crippen LogP contribution < -0.4 is 5.32 Å². The van der Waals surface area contributed by atoms with E-state index in [-0.39, 0.29) is 0 Å². The van der Waals surface area contributed by atoms with E-state index in [4.69, 9.17) is 11.6 Å². The zero-order valence-electron chi connectivity index (χ0n) is 11.4. The number of pyridine rings is 1. The average molecular weight is 354 g/mol. The number of aromatic nitrogens is 1. The van der Waals surface area contributed by atoms with Crippen molar-refractivity contribution in [1.82, 2.24) is 10.3 Å². The highest BCUT2D eigenvalue weighted by Crippen LogP contribution is 2.17. The Balaban J connectivity index is 2.02. The van der Waals surface area contributed by atoms with Crippen LogP contribution in [-0.2, 0) is 12.8 Å². The van der Waals surface area contributed by atoms with E-state index in [0.717, 1.165) is 34.6 Å². The van der Waals surface area contributed by atoms with Gasteiger partial charge in [-0.1, -0.05) is 23.7 Å². The second-order valence-corrected chi connectivity index (χ2v) is 6.28. The maximum Gasteiger partial charge on any atom is 0.0413 e. The Hall–Kier alpha value is -0.900. The minimum Gasteiger partial charge on any atom is -0.319 e. The predicted octanol–water partition coefficient (Wildman–Crippen LogP) is 4.12. The number of nitrogens with zero attached hydrogens (tertiary/aromatic N) is 1. The standard InChI is InChI=1S/C16H18BrClN2/c1-19-10-13(8-12-2-5-15(18)6-3-12)9-16-7-4-14(17)11-20-16/h2-7,11,13,19H,8-10H2,1H3. The van der Waals surface area contributed by atoms with Gasteiger partial charge in [0, 0.05) is 21.4 Å². The van der Waals surface area contributed by atoms with Gasteiger partial charge >= 0.3 is 0 Å². The summed E-state index contributed by atoms with van der Waals surface area (Å²) < 4.78 is 1.02. The molecule has 4 heteroatoms. The second-order valence-electron chi connectivity index (χ2n) is 4.93. The molecule has 1 unspecified atom stereocenters. The molecule has 2 rings (SSSR count). The number of rotatable bonds is 6. The van der Waals surface area contributed by atoms with Crippen LogP contribution in [0.1, 0.15) is 11.3 Å². The molecule has 20 heavy (non-hydrogen) atoms. The highest BCUT2D eigenvalue weighted by atomic mass is 79.9. The first-order valence-corrected chi connectivity index (χ1v) is 7.84. The molecule has 0 bridgehead atoms. The number of hydrogen-bond acceptors (Lipinski definition) is 2. The molecule has 1 aromatic heterocycles. The first-order chi connectivity index (χ1) is 9.67. The Morgan fingerprint density at radius 2 is 1.90 bits per heavy atom. The first kappa shape index (κ1) is 15.5. The van der Waals surface area contributed by atoms with E-state index in [1.54, 1.807) is 0 Å². The minimum absolute atomic E-state index is 0.523. The summed E-state index contributed by atoms with van der Waals surface area (Å²) in [6.45, 7) is 0.973. The Morgan fingerprint density at radius 1 is 1.15 bits per heavy atom. The lowest BCUT2D eigenvalue weighted by Gasteiger charge is -2.16. The maximum absolute atomic E-state index is 5.93. The highest BCUT2D eigenvalue weighted by molar-refractivity contribution is 9.10. The zero-order chi connectivity index (χ0) is 14.4. The van der Waals surface area contributed by atoms with Gasteiger partial charge in [0.1, 0.15) is 0 Å². The molecule has 2 aromatic rings. The Kier molecular flexibility index (Phi) is 6.02. The second kappa shape index (κ2) is 7.77. The summed E-state index contributed by atoms with van der Waals surface area (Å²) in [5.74, 6) is 0.523. The van der Waals surface area contributed by atoms with Crippen molar-refractivity contribution in [3.63, 3.8) is 0 Å². The average Bonchev–Trinajstić information content (AvgIpc) is 2.44. The van der Waals surface area contributed by atoms with Crippen LogP contribution >= 0.6 is 27.5 Å². The largest absolute Gasteiger partial charge is 0.319 e. The lowest BCUT2D eigenvalue weighted by molar-refractivity contribution is 0.488. The van der Waals surface area contributed by atoms with Crippen LogP contribution in [0.2, 0.25) is 5.02 Å². The summed E-state index contributed by atoms with van der Waals surface area (Å²) in [4.78, 5) is 4.46. The Labute approximate surface area is 133 Å².